The lowest BCUT2D eigenvalue weighted by atomic mass is 10.4. The van der Waals surface area contributed by atoms with Crippen LogP contribution in [-0.2, 0) is 4.74 Å². The van der Waals surface area contributed by atoms with Gasteiger partial charge in [-0.3, -0.25) is 11.3 Å². The van der Waals surface area contributed by atoms with Crippen molar-refractivity contribution in [3.05, 3.63) is 0 Å². The first kappa shape index (κ1) is 7.34. The lowest BCUT2D eigenvalue weighted by Gasteiger charge is -2.21. The fourth-order valence-electron chi connectivity index (χ4n) is 0.786. The number of thioether (sulfide) groups is 1. The quantitative estimate of drug-likeness (QED) is 0.412. The first-order chi connectivity index (χ1) is 4.43. The predicted molar refractivity (Wildman–Crippen MR) is 39.3 cm³/mol. The Hall–Kier alpha value is 0.230. The highest BCUT2D eigenvalue weighted by Crippen LogP contribution is 2.11. The van der Waals surface area contributed by atoms with E-state index in [-0.39, 0.29) is 0 Å². The standard InChI is InChI=1S/C5H12N2OS/c6-7-3-5-4-9-2-1-8-5/h5,7H,1-4,6H2. The number of nitrogens with one attached hydrogen (secondary N) is 1. The van der Waals surface area contributed by atoms with Crippen LogP contribution in [0.1, 0.15) is 0 Å². The van der Waals surface area contributed by atoms with Crippen LogP contribution in [0.5, 0.6) is 0 Å². The van der Waals surface area contributed by atoms with Gasteiger partial charge in [-0.2, -0.15) is 11.8 Å². The molecule has 1 aliphatic rings. The van der Waals surface area contributed by atoms with Gasteiger partial charge in [-0.15, -0.1) is 0 Å². The van der Waals surface area contributed by atoms with Gasteiger partial charge >= 0.3 is 0 Å². The Morgan fingerprint density at radius 3 is 3.22 bits per heavy atom. The molecule has 0 bridgehead atoms. The smallest absolute Gasteiger partial charge is 0.0803 e. The lowest BCUT2D eigenvalue weighted by Crippen LogP contribution is -2.37. The summed E-state index contributed by atoms with van der Waals surface area (Å²) in [6, 6.07) is 0. The predicted octanol–water partition coefficient (Wildman–Crippen LogP) is -0.418. The summed E-state index contributed by atoms with van der Waals surface area (Å²) in [5, 5.41) is 0. The van der Waals surface area contributed by atoms with Gasteiger partial charge in [-0.05, 0) is 0 Å². The number of hydrogen-bond donors (Lipinski definition) is 2. The van der Waals surface area contributed by atoms with Gasteiger partial charge in [0.1, 0.15) is 0 Å². The van der Waals surface area contributed by atoms with Gasteiger partial charge in [0.05, 0.1) is 12.7 Å². The number of ether oxygens (including phenoxy) is 1. The fourth-order valence-corrected chi connectivity index (χ4v) is 1.64. The molecule has 9 heavy (non-hydrogen) atoms. The number of rotatable bonds is 2. The summed E-state index contributed by atoms with van der Waals surface area (Å²) in [5.41, 5.74) is 2.60. The van der Waals surface area contributed by atoms with E-state index in [1.165, 1.54) is 0 Å². The molecule has 0 amide bonds. The molecule has 0 aromatic heterocycles. The van der Waals surface area contributed by atoms with Crippen LogP contribution in [0.2, 0.25) is 0 Å². The SMILES string of the molecule is NNCC1CSCCO1. The first-order valence-electron chi connectivity index (χ1n) is 3.06. The first-order valence-corrected chi connectivity index (χ1v) is 4.22. The van der Waals surface area contributed by atoms with Gasteiger partial charge in [-0.25, -0.2) is 0 Å². The van der Waals surface area contributed by atoms with Crippen LogP contribution >= 0.6 is 11.8 Å². The Kier molecular flexibility index (Phi) is 3.35. The van der Waals surface area contributed by atoms with Crippen LogP contribution in [-0.4, -0.2) is 30.8 Å². The van der Waals surface area contributed by atoms with Gasteiger partial charge in [0.2, 0.25) is 0 Å². The van der Waals surface area contributed by atoms with Crippen molar-refractivity contribution in [2.45, 2.75) is 6.10 Å². The van der Waals surface area contributed by atoms with Crippen LogP contribution in [0.15, 0.2) is 0 Å². The molecular formula is C5H12N2OS. The second-order valence-corrected chi connectivity index (χ2v) is 3.13. The Balaban J connectivity index is 2.08. The molecule has 1 rings (SSSR count). The summed E-state index contributed by atoms with van der Waals surface area (Å²) in [6.07, 6.45) is 0.328. The van der Waals surface area contributed by atoms with Crippen molar-refractivity contribution in [3.8, 4) is 0 Å². The molecule has 0 aliphatic carbocycles. The summed E-state index contributed by atoms with van der Waals surface area (Å²) in [6.45, 7) is 1.64. The molecule has 0 spiro atoms. The van der Waals surface area contributed by atoms with Gasteiger partial charge in [-0.1, -0.05) is 0 Å². The third-order valence-corrected chi connectivity index (χ3v) is 2.29. The second kappa shape index (κ2) is 4.11. The zero-order valence-corrected chi connectivity index (χ0v) is 6.12. The van der Waals surface area contributed by atoms with E-state index in [0.717, 1.165) is 24.7 Å². The average Bonchev–Trinajstić information content (AvgIpc) is 1.91. The van der Waals surface area contributed by atoms with Gasteiger partial charge in [0, 0.05) is 18.1 Å². The minimum Gasteiger partial charge on any atom is -0.375 e. The Bertz CT molecular complexity index is 72.6. The van der Waals surface area contributed by atoms with Crippen molar-refractivity contribution in [3.63, 3.8) is 0 Å². The summed E-state index contributed by atoms with van der Waals surface area (Å²) in [7, 11) is 0. The molecule has 1 unspecified atom stereocenters. The van der Waals surface area contributed by atoms with E-state index < -0.39 is 0 Å². The van der Waals surface area contributed by atoms with Crippen molar-refractivity contribution >= 4 is 11.8 Å². The molecule has 1 atom stereocenters. The van der Waals surface area contributed by atoms with E-state index in [4.69, 9.17) is 10.6 Å². The number of hydrogen-bond acceptors (Lipinski definition) is 4. The molecule has 1 fully saturated rings. The van der Waals surface area contributed by atoms with Crippen LogP contribution in [0, 0.1) is 0 Å². The van der Waals surface area contributed by atoms with Crippen molar-refractivity contribution in [2.24, 2.45) is 5.84 Å². The third kappa shape index (κ3) is 2.53. The summed E-state index contributed by atoms with van der Waals surface area (Å²) in [5.74, 6) is 7.32. The molecule has 0 radical (unpaired) electrons. The summed E-state index contributed by atoms with van der Waals surface area (Å²) >= 11 is 1.92. The van der Waals surface area contributed by atoms with Crippen LogP contribution in [0.25, 0.3) is 0 Å². The van der Waals surface area contributed by atoms with E-state index in [1.54, 1.807) is 0 Å². The third-order valence-electron chi connectivity index (χ3n) is 1.23. The van der Waals surface area contributed by atoms with Crippen LogP contribution in [0.3, 0.4) is 0 Å². The lowest BCUT2D eigenvalue weighted by molar-refractivity contribution is 0.0757. The van der Waals surface area contributed by atoms with Crippen molar-refractivity contribution in [1.82, 2.24) is 5.43 Å². The second-order valence-electron chi connectivity index (χ2n) is 1.98. The molecule has 1 aliphatic heterocycles. The zero-order valence-electron chi connectivity index (χ0n) is 5.30. The molecule has 0 saturated carbocycles. The molecular weight excluding hydrogens is 136 g/mol. The summed E-state index contributed by atoms with van der Waals surface area (Å²) in [4.78, 5) is 0. The largest absolute Gasteiger partial charge is 0.375 e. The average molecular weight is 148 g/mol. The van der Waals surface area contributed by atoms with Gasteiger partial charge < -0.3 is 4.74 Å². The van der Waals surface area contributed by atoms with E-state index in [9.17, 15) is 0 Å². The van der Waals surface area contributed by atoms with Crippen molar-refractivity contribution in [2.75, 3.05) is 24.7 Å². The molecule has 54 valence electrons. The number of hydrazine groups is 1. The highest BCUT2D eigenvalue weighted by atomic mass is 32.2. The van der Waals surface area contributed by atoms with E-state index in [0.29, 0.717) is 6.10 Å². The van der Waals surface area contributed by atoms with E-state index >= 15 is 0 Å². The maximum absolute atomic E-state index is 5.36. The van der Waals surface area contributed by atoms with Crippen molar-refractivity contribution < 1.29 is 4.74 Å². The maximum Gasteiger partial charge on any atom is 0.0803 e. The fraction of sp³-hybridized carbons (Fsp3) is 1.00. The molecule has 1 heterocycles. The summed E-state index contributed by atoms with van der Waals surface area (Å²) < 4.78 is 5.36. The van der Waals surface area contributed by atoms with Crippen molar-refractivity contribution in [1.29, 1.82) is 0 Å². The van der Waals surface area contributed by atoms with E-state index in [1.807, 2.05) is 11.8 Å². The maximum atomic E-state index is 5.36. The molecule has 3 N–H and O–H groups in total. The highest BCUT2D eigenvalue weighted by Gasteiger charge is 2.11. The highest BCUT2D eigenvalue weighted by molar-refractivity contribution is 7.99. The van der Waals surface area contributed by atoms with Crippen LogP contribution < -0.4 is 11.3 Å². The topological polar surface area (TPSA) is 47.3 Å². The minimum absolute atomic E-state index is 0.328. The van der Waals surface area contributed by atoms with Crippen LogP contribution in [0.4, 0.5) is 0 Å². The normalized spacial score (nSPS) is 28.3. The molecule has 0 aromatic rings. The zero-order chi connectivity index (χ0) is 6.53. The monoisotopic (exact) mass is 148 g/mol. The Morgan fingerprint density at radius 1 is 1.78 bits per heavy atom. The molecule has 1 saturated heterocycles. The Morgan fingerprint density at radius 2 is 2.67 bits per heavy atom. The number of nitrogens with two attached hydrogens (primary N) is 1. The molecule has 3 nitrogen and oxygen atoms in total. The minimum atomic E-state index is 0.328. The van der Waals surface area contributed by atoms with E-state index in [2.05, 4.69) is 5.43 Å². The van der Waals surface area contributed by atoms with Gasteiger partial charge in [0.15, 0.2) is 0 Å². The van der Waals surface area contributed by atoms with Gasteiger partial charge in [0.25, 0.3) is 0 Å². The Labute approximate surface area is 59.3 Å². The molecule has 4 heteroatoms. The molecule has 0 aromatic carbocycles.